The number of carbonyl (C=O) groups is 2. The fourth-order valence-corrected chi connectivity index (χ4v) is 1.55. The van der Waals surface area contributed by atoms with E-state index in [1.807, 2.05) is 0 Å². The molecule has 0 heterocycles. The largest absolute Gasteiger partial charge is 0.478 e. The number of carboxylic acid groups (broad SMARTS) is 1. The molecule has 1 aromatic rings. The number of benzene rings is 1. The first kappa shape index (κ1) is 16.9. The molecule has 0 aromatic heterocycles. The molecule has 0 saturated carbocycles. The van der Waals surface area contributed by atoms with Gasteiger partial charge in [0, 0.05) is 20.3 Å². The van der Waals surface area contributed by atoms with Crippen LogP contribution in [0.4, 0.5) is 4.39 Å². The zero-order valence-electron chi connectivity index (χ0n) is 11.9. The normalized spacial score (nSPS) is 11.8. The monoisotopic (exact) mass is 299 g/mol. The predicted octanol–water partition coefficient (Wildman–Crippen LogP) is 1.44. The van der Waals surface area contributed by atoms with Crippen LogP contribution < -0.4 is 10.1 Å². The second-order valence-electron chi connectivity index (χ2n) is 4.35. The summed E-state index contributed by atoms with van der Waals surface area (Å²) in [5.74, 6) is -2.61. The molecule has 6 nitrogen and oxygen atoms in total. The molecule has 21 heavy (non-hydrogen) atoms. The molecule has 0 aliphatic heterocycles. The lowest BCUT2D eigenvalue weighted by molar-refractivity contribution is -0.127. The number of carboxylic acids is 1. The standard InChI is InChI=1S/C14H18FNO5/c1-9(13(17)16-6-3-7-20-2)21-12-5-4-10(14(18)19)8-11(12)15/h4-5,8-9H,3,6-7H2,1-2H3,(H,16,17)(H,18,19). The van der Waals surface area contributed by atoms with Crippen molar-refractivity contribution in [2.75, 3.05) is 20.3 Å². The summed E-state index contributed by atoms with van der Waals surface area (Å²) in [5.41, 5.74) is -0.184. The van der Waals surface area contributed by atoms with Crippen LogP contribution in [0, 0.1) is 5.82 Å². The molecule has 0 fully saturated rings. The van der Waals surface area contributed by atoms with E-state index in [4.69, 9.17) is 14.6 Å². The summed E-state index contributed by atoms with van der Waals surface area (Å²) in [6.45, 7) is 2.44. The molecular weight excluding hydrogens is 281 g/mol. The first-order valence-corrected chi connectivity index (χ1v) is 6.42. The minimum atomic E-state index is -1.23. The Morgan fingerprint density at radius 2 is 2.14 bits per heavy atom. The van der Waals surface area contributed by atoms with Crippen molar-refractivity contribution in [2.45, 2.75) is 19.4 Å². The number of nitrogens with one attached hydrogen (secondary N) is 1. The summed E-state index contributed by atoms with van der Waals surface area (Å²) in [5, 5.41) is 11.4. The van der Waals surface area contributed by atoms with E-state index in [1.54, 1.807) is 7.11 Å². The number of hydrogen-bond acceptors (Lipinski definition) is 4. The highest BCUT2D eigenvalue weighted by Crippen LogP contribution is 2.19. The lowest BCUT2D eigenvalue weighted by Gasteiger charge is -2.15. The Morgan fingerprint density at radius 3 is 2.71 bits per heavy atom. The van der Waals surface area contributed by atoms with Crippen LogP contribution in [-0.2, 0) is 9.53 Å². The molecule has 1 unspecified atom stereocenters. The van der Waals surface area contributed by atoms with E-state index < -0.39 is 17.9 Å². The maximum Gasteiger partial charge on any atom is 0.335 e. The number of aromatic carboxylic acids is 1. The van der Waals surface area contributed by atoms with E-state index in [0.29, 0.717) is 19.6 Å². The summed E-state index contributed by atoms with van der Waals surface area (Å²) in [6.07, 6.45) is -0.228. The SMILES string of the molecule is COCCCNC(=O)C(C)Oc1ccc(C(=O)O)cc1F. The fourth-order valence-electron chi connectivity index (χ4n) is 1.55. The van der Waals surface area contributed by atoms with Gasteiger partial charge < -0.3 is 19.9 Å². The van der Waals surface area contributed by atoms with Gasteiger partial charge in [-0.1, -0.05) is 0 Å². The van der Waals surface area contributed by atoms with Gasteiger partial charge in [0.05, 0.1) is 5.56 Å². The molecule has 1 atom stereocenters. The molecule has 2 N–H and O–H groups in total. The third kappa shape index (κ3) is 5.39. The molecule has 0 saturated heterocycles. The zero-order chi connectivity index (χ0) is 15.8. The molecule has 1 aromatic carbocycles. The molecular formula is C14H18FNO5. The van der Waals surface area contributed by atoms with E-state index in [9.17, 15) is 14.0 Å². The highest BCUT2D eigenvalue weighted by Gasteiger charge is 2.17. The smallest absolute Gasteiger partial charge is 0.335 e. The van der Waals surface area contributed by atoms with Crippen LogP contribution in [0.1, 0.15) is 23.7 Å². The zero-order valence-corrected chi connectivity index (χ0v) is 11.9. The van der Waals surface area contributed by atoms with E-state index in [2.05, 4.69) is 5.32 Å². The highest BCUT2D eigenvalue weighted by molar-refractivity contribution is 5.87. The average Bonchev–Trinajstić information content (AvgIpc) is 2.45. The second kappa shape index (κ2) is 8.21. The number of rotatable bonds is 8. The van der Waals surface area contributed by atoms with Crippen molar-refractivity contribution in [3.05, 3.63) is 29.6 Å². The summed E-state index contributed by atoms with van der Waals surface area (Å²) in [4.78, 5) is 22.4. The summed E-state index contributed by atoms with van der Waals surface area (Å²) in [6, 6.07) is 3.25. The number of hydrogen-bond donors (Lipinski definition) is 2. The molecule has 0 radical (unpaired) electrons. The Balaban J connectivity index is 2.56. The van der Waals surface area contributed by atoms with Crippen molar-refractivity contribution in [3.63, 3.8) is 0 Å². The average molecular weight is 299 g/mol. The Labute approximate surface area is 121 Å². The Kier molecular flexibility index (Phi) is 6.61. The van der Waals surface area contributed by atoms with Crippen molar-refractivity contribution >= 4 is 11.9 Å². The van der Waals surface area contributed by atoms with Gasteiger partial charge >= 0.3 is 5.97 Å². The lowest BCUT2D eigenvalue weighted by atomic mass is 10.2. The summed E-state index contributed by atoms with van der Waals surface area (Å²) >= 11 is 0. The van der Waals surface area contributed by atoms with Crippen molar-refractivity contribution in [2.24, 2.45) is 0 Å². The summed E-state index contributed by atoms with van der Waals surface area (Å²) in [7, 11) is 1.57. The van der Waals surface area contributed by atoms with E-state index >= 15 is 0 Å². The minimum Gasteiger partial charge on any atom is -0.478 e. The Hall–Kier alpha value is -2.15. The second-order valence-corrected chi connectivity index (χ2v) is 4.35. The van der Waals surface area contributed by atoms with Gasteiger partial charge in [0.2, 0.25) is 0 Å². The van der Waals surface area contributed by atoms with Gasteiger partial charge in [-0.05, 0) is 31.5 Å². The van der Waals surface area contributed by atoms with Crippen molar-refractivity contribution < 1.29 is 28.6 Å². The number of amides is 1. The van der Waals surface area contributed by atoms with Gasteiger partial charge in [-0.3, -0.25) is 4.79 Å². The third-order valence-electron chi connectivity index (χ3n) is 2.68. The number of ether oxygens (including phenoxy) is 2. The fraction of sp³-hybridized carbons (Fsp3) is 0.429. The molecule has 0 aliphatic rings. The van der Waals surface area contributed by atoms with Gasteiger partial charge in [-0.25, -0.2) is 9.18 Å². The Bertz CT molecular complexity index is 506. The third-order valence-corrected chi connectivity index (χ3v) is 2.68. The maximum atomic E-state index is 13.7. The van der Waals surface area contributed by atoms with Crippen LogP contribution in [0.3, 0.4) is 0 Å². The Morgan fingerprint density at radius 1 is 1.43 bits per heavy atom. The van der Waals surface area contributed by atoms with Crippen LogP contribution in [0.5, 0.6) is 5.75 Å². The van der Waals surface area contributed by atoms with E-state index in [1.165, 1.54) is 19.1 Å². The number of methoxy groups -OCH3 is 1. The first-order valence-electron chi connectivity index (χ1n) is 6.42. The summed E-state index contributed by atoms with van der Waals surface area (Å²) < 4.78 is 23.7. The van der Waals surface area contributed by atoms with Crippen molar-refractivity contribution in [1.29, 1.82) is 0 Å². The molecule has 0 spiro atoms. The molecule has 1 rings (SSSR count). The van der Waals surface area contributed by atoms with Gasteiger partial charge in [0.1, 0.15) is 0 Å². The molecule has 0 bridgehead atoms. The van der Waals surface area contributed by atoms with Gasteiger partial charge in [-0.2, -0.15) is 0 Å². The lowest BCUT2D eigenvalue weighted by Crippen LogP contribution is -2.37. The first-order chi connectivity index (χ1) is 9.95. The molecule has 0 aliphatic carbocycles. The van der Waals surface area contributed by atoms with Gasteiger partial charge in [-0.15, -0.1) is 0 Å². The quantitative estimate of drug-likeness (QED) is 0.710. The topological polar surface area (TPSA) is 84.9 Å². The van der Waals surface area contributed by atoms with Crippen molar-refractivity contribution in [3.8, 4) is 5.75 Å². The predicted molar refractivity (Wildman–Crippen MR) is 73.0 cm³/mol. The van der Waals surface area contributed by atoms with Crippen molar-refractivity contribution in [1.82, 2.24) is 5.32 Å². The minimum absolute atomic E-state index is 0.167. The van der Waals surface area contributed by atoms with Gasteiger partial charge in [0.15, 0.2) is 17.7 Å². The van der Waals surface area contributed by atoms with E-state index in [-0.39, 0.29) is 17.2 Å². The van der Waals surface area contributed by atoms with Crippen LogP contribution in [0.25, 0.3) is 0 Å². The molecule has 1 amide bonds. The van der Waals surface area contributed by atoms with Crippen LogP contribution in [0.2, 0.25) is 0 Å². The van der Waals surface area contributed by atoms with Crippen LogP contribution in [-0.4, -0.2) is 43.3 Å². The maximum absolute atomic E-state index is 13.7. The van der Waals surface area contributed by atoms with Crippen LogP contribution >= 0.6 is 0 Å². The number of halogens is 1. The highest BCUT2D eigenvalue weighted by atomic mass is 19.1. The van der Waals surface area contributed by atoms with E-state index in [0.717, 1.165) is 6.07 Å². The number of carbonyl (C=O) groups excluding carboxylic acids is 1. The van der Waals surface area contributed by atoms with Crippen LogP contribution in [0.15, 0.2) is 18.2 Å². The molecule has 116 valence electrons. The van der Waals surface area contributed by atoms with Gasteiger partial charge in [0.25, 0.3) is 5.91 Å². The molecule has 7 heteroatoms.